The van der Waals surface area contributed by atoms with Crippen molar-refractivity contribution in [3.8, 4) is 6.07 Å². The van der Waals surface area contributed by atoms with Crippen LogP contribution in [-0.2, 0) is 6.54 Å². The number of hydrogen-bond donors (Lipinski definition) is 2. The van der Waals surface area contributed by atoms with Crippen molar-refractivity contribution in [1.82, 2.24) is 10.3 Å². The van der Waals surface area contributed by atoms with E-state index in [4.69, 9.17) is 5.26 Å². The van der Waals surface area contributed by atoms with E-state index in [2.05, 4.69) is 47.6 Å². The summed E-state index contributed by atoms with van der Waals surface area (Å²) < 4.78 is 0. The first-order valence-corrected chi connectivity index (χ1v) is 6.00. The lowest BCUT2D eigenvalue weighted by Crippen LogP contribution is -2.27. The first-order valence-electron chi connectivity index (χ1n) is 6.00. The Morgan fingerprint density at radius 2 is 2.29 bits per heavy atom. The van der Waals surface area contributed by atoms with Crippen LogP contribution in [0.4, 0.5) is 0 Å². The highest BCUT2D eigenvalue weighted by molar-refractivity contribution is 5.82. The number of fused-ring (bicyclic) bond motifs is 1. The maximum Gasteiger partial charge on any atom is 0.0638 e. The Balaban J connectivity index is 2.08. The summed E-state index contributed by atoms with van der Waals surface area (Å²) in [6.07, 6.45) is 3.51. The van der Waals surface area contributed by atoms with E-state index in [1.807, 2.05) is 6.20 Å². The zero-order chi connectivity index (χ0) is 12.1. The zero-order valence-corrected chi connectivity index (χ0v) is 10.0. The maximum atomic E-state index is 8.71. The van der Waals surface area contributed by atoms with Crippen molar-refractivity contribution in [2.75, 3.05) is 0 Å². The van der Waals surface area contributed by atoms with Gasteiger partial charge in [0.05, 0.1) is 12.5 Å². The van der Waals surface area contributed by atoms with Crippen LogP contribution in [0.25, 0.3) is 10.9 Å². The van der Waals surface area contributed by atoms with Gasteiger partial charge in [-0.15, -0.1) is 0 Å². The highest BCUT2D eigenvalue weighted by Gasteiger charge is 2.06. The number of aromatic nitrogens is 1. The first kappa shape index (κ1) is 11.7. The average molecular weight is 227 g/mol. The summed E-state index contributed by atoms with van der Waals surface area (Å²) in [5.74, 6) is 0. The Morgan fingerprint density at radius 1 is 1.41 bits per heavy atom. The molecule has 0 aliphatic rings. The van der Waals surface area contributed by atoms with Crippen LogP contribution in [0.15, 0.2) is 30.5 Å². The molecule has 1 unspecified atom stereocenters. The molecule has 1 aromatic heterocycles. The molecule has 2 aromatic rings. The van der Waals surface area contributed by atoms with Crippen LogP contribution in [0, 0.1) is 11.3 Å². The molecule has 3 nitrogen and oxygen atoms in total. The molecule has 1 aromatic carbocycles. The van der Waals surface area contributed by atoms with Crippen LogP contribution in [0.3, 0.4) is 0 Å². The second-order valence-electron chi connectivity index (χ2n) is 4.21. The molecule has 0 saturated heterocycles. The number of benzene rings is 1. The molecule has 2 rings (SSSR count). The van der Waals surface area contributed by atoms with Gasteiger partial charge in [0.2, 0.25) is 0 Å². The van der Waals surface area contributed by atoms with Crippen molar-refractivity contribution in [1.29, 1.82) is 5.26 Å². The number of nitrogens with zero attached hydrogens (tertiary/aromatic N) is 1. The minimum Gasteiger partial charge on any atom is -0.361 e. The molecule has 3 heteroatoms. The lowest BCUT2D eigenvalue weighted by Gasteiger charge is -2.13. The summed E-state index contributed by atoms with van der Waals surface area (Å²) in [6.45, 7) is 2.91. The molecule has 0 spiro atoms. The largest absolute Gasteiger partial charge is 0.361 e. The average Bonchev–Trinajstić information content (AvgIpc) is 2.83. The lowest BCUT2D eigenvalue weighted by atomic mass is 10.1. The molecule has 17 heavy (non-hydrogen) atoms. The molecule has 0 amide bonds. The predicted octanol–water partition coefficient (Wildman–Crippen LogP) is 2.95. The minimum absolute atomic E-state index is 0.283. The van der Waals surface area contributed by atoms with Gasteiger partial charge in [-0.1, -0.05) is 25.1 Å². The van der Waals surface area contributed by atoms with Gasteiger partial charge in [-0.25, -0.2) is 0 Å². The van der Waals surface area contributed by atoms with Crippen molar-refractivity contribution < 1.29 is 0 Å². The van der Waals surface area contributed by atoms with Gasteiger partial charge in [0, 0.05) is 24.3 Å². The van der Waals surface area contributed by atoms with E-state index in [-0.39, 0.29) is 6.04 Å². The van der Waals surface area contributed by atoms with Gasteiger partial charge >= 0.3 is 0 Å². The van der Waals surface area contributed by atoms with Crippen molar-refractivity contribution in [3.05, 3.63) is 36.0 Å². The number of nitriles is 1. The molecule has 0 aliphatic carbocycles. The van der Waals surface area contributed by atoms with Crippen molar-refractivity contribution in [2.24, 2.45) is 0 Å². The van der Waals surface area contributed by atoms with Crippen LogP contribution >= 0.6 is 0 Å². The topological polar surface area (TPSA) is 51.6 Å². The normalized spacial score (nSPS) is 12.5. The Morgan fingerprint density at radius 3 is 3.06 bits per heavy atom. The van der Waals surface area contributed by atoms with Crippen LogP contribution in [0.1, 0.15) is 25.3 Å². The standard InChI is InChI=1S/C14H17N3/c1-2-13(6-8-15)17-10-12-5-3-4-11-7-9-16-14(11)12/h3-5,7,9,13,16-17H,2,6,10H2,1H3. The van der Waals surface area contributed by atoms with Gasteiger partial charge in [-0.2, -0.15) is 5.26 Å². The van der Waals surface area contributed by atoms with Crippen LogP contribution in [0.2, 0.25) is 0 Å². The number of nitrogens with one attached hydrogen (secondary N) is 2. The molecule has 1 atom stereocenters. The Hall–Kier alpha value is -1.79. The Bertz CT molecular complexity index is 521. The number of rotatable bonds is 5. The zero-order valence-electron chi connectivity index (χ0n) is 10.0. The summed E-state index contributed by atoms with van der Waals surface area (Å²) in [5.41, 5.74) is 2.44. The fraction of sp³-hybridized carbons (Fsp3) is 0.357. The lowest BCUT2D eigenvalue weighted by molar-refractivity contribution is 0.506. The van der Waals surface area contributed by atoms with Crippen molar-refractivity contribution >= 4 is 10.9 Å². The monoisotopic (exact) mass is 227 g/mol. The molecule has 0 aliphatic heterocycles. The molecule has 0 saturated carbocycles. The number of H-pyrrole nitrogens is 1. The van der Waals surface area contributed by atoms with Gasteiger partial charge in [0.15, 0.2) is 0 Å². The third-order valence-corrected chi connectivity index (χ3v) is 3.09. The van der Waals surface area contributed by atoms with Crippen LogP contribution < -0.4 is 5.32 Å². The number of hydrogen-bond acceptors (Lipinski definition) is 2. The molecular weight excluding hydrogens is 210 g/mol. The van der Waals surface area contributed by atoms with E-state index in [1.54, 1.807) is 0 Å². The third-order valence-electron chi connectivity index (χ3n) is 3.09. The summed E-state index contributed by atoms with van der Waals surface area (Å²) in [7, 11) is 0. The fourth-order valence-electron chi connectivity index (χ4n) is 2.02. The molecule has 0 fully saturated rings. The summed E-state index contributed by atoms with van der Waals surface area (Å²) in [6, 6.07) is 10.9. The van der Waals surface area contributed by atoms with E-state index in [0.717, 1.165) is 13.0 Å². The highest BCUT2D eigenvalue weighted by Crippen LogP contribution is 2.16. The molecule has 2 N–H and O–H groups in total. The summed E-state index contributed by atoms with van der Waals surface area (Å²) in [5, 5.41) is 13.4. The van der Waals surface area contributed by atoms with Gasteiger partial charge in [0.25, 0.3) is 0 Å². The second-order valence-corrected chi connectivity index (χ2v) is 4.21. The number of aromatic amines is 1. The van der Waals surface area contributed by atoms with Gasteiger partial charge in [-0.3, -0.25) is 0 Å². The van der Waals surface area contributed by atoms with Crippen molar-refractivity contribution in [3.63, 3.8) is 0 Å². The van der Waals surface area contributed by atoms with E-state index >= 15 is 0 Å². The quantitative estimate of drug-likeness (QED) is 0.825. The Labute approximate surface area is 101 Å². The molecule has 0 bridgehead atoms. The second kappa shape index (κ2) is 5.51. The smallest absolute Gasteiger partial charge is 0.0638 e. The Kier molecular flexibility index (Phi) is 3.79. The highest BCUT2D eigenvalue weighted by atomic mass is 14.9. The third kappa shape index (κ3) is 2.66. The maximum absolute atomic E-state index is 8.71. The molecule has 1 heterocycles. The van der Waals surface area contributed by atoms with E-state index in [9.17, 15) is 0 Å². The summed E-state index contributed by atoms with van der Waals surface area (Å²) in [4.78, 5) is 3.26. The molecule has 88 valence electrons. The van der Waals surface area contributed by atoms with Crippen LogP contribution in [0.5, 0.6) is 0 Å². The molecule has 0 radical (unpaired) electrons. The number of para-hydroxylation sites is 1. The fourth-order valence-corrected chi connectivity index (χ4v) is 2.02. The predicted molar refractivity (Wildman–Crippen MR) is 69.4 cm³/mol. The van der Waals surface area contributed by atoms with Gasteiger partial charge in [-0.05, 0) is 23.4 Å². The van der Waals surface area contributed by atoms with E-state index < -0.39 is 0 Å². The van der Waals surface area contributed by atoms with Gasteiger partial charge < -0.3 is 10.3 Å². The molecular formula is C14H17N3. The SMILES string of the molecule is CCC(CC#N)NCc1cccc2cc[nH]c12. The minimum atomic E-state index is 0.283. The van der Waals surface area contributed by atoms with Gasteiger partial charge in [0.1, 0.15) is 0 Å². The van der Waals surface area contributed by atoms with Crippen molar-refractivity contribution in [2.45, 2.75) is 32.4 Å². The van der Waals surface area contributed by atoms with E-state index in [1.165, 1.54) is 16.5 Å². The summed E-state index contributed by atoms with van der Waals surface area (Å²) >= 11 is 0. The van der Waals surface area contributed by atoms with E-state index in [0.29, 0.717) is 6.42 Å². The first-order chi connectivity index (χ1) is 8.35. The van der Waals surface area contributed by atoms with Crippen LogP contribution in [-0.4, -0.2) is 11.0 Å².